The number of aryl methyl sites for hydroxylation is 2. The summed E-state index contributed by atoms with van der Waals surface area (Å²) in [6.07, 6.45) is -5.20. The predicted molar refractivity (Wildman–Crippen MR) is 169 cm³/mol. The molecule has 2 heterocycles. The molecule has 16 nitrogen and oxygen atoms in total. The molecule has 2 aromatic carbocycles. The van der Waals surface area contributed by atoms with E-state index in [2.05, 4.69) is 15.3 Å². The van der Waals surface area contributed by atoms with Gasteiger partial charge in [0.1, 0.15) is 47.5 Å². The molecule has 5 unspecified atom stereocenters. The third-order valence-corrected chi connectivity index (χ3v) is 8.75. The number of benzene rings is 2. The number of aromatic nitrogens is 1. The highest BCUT2D eigenvalue weighted by Crippen LogP contribution is 2.44. The van der Waals surface area contributed by atoms with Crippen LogP contribution in [-0.2, 0) is 17.7 Å². The SMILES string of the molecule is CN=C(N)NCc1c(C)cc2c(c1O)C(=O)c1c(OC3OC(O)(CO)C(O)(CCc4ccnc(N)c4)C(O)C3O)cc(OC)cc1C2=O. The Morgan fingerprint density at radius 2 is 1.83 bits per heavy atom. The molecule has 0 radical (unpaired) electrons. The number of nitrogens with zero attached hydrogens (tertiary/aromatic N) is 2. The highest BCUT2D eigenvalue weighted by molar-refractivity contribution is 6.30. The number of aliphatic imine (C=N–C) groups is 1. The molecule has 1 aliphatic heterocycles. The quantitative estimate of drug-likeness (QED) is 0.0765. The number of ketones is 2. The van der Waals surface area contributed by atoms with E-state index in [-0.39, 0.29) is 64.1 Å². The van der Waals surface area contributed by atoms with Crippen LogP contribution in [0, 0.1) is 6.92 Å². The van der Waals surface area contributed by atoms with Crippen LogP contribution in [0.5, 0.6) is 17.2 Å². The fourth-order valence-corrected chi connectivity index (χ4v) is 5.96. The molecule has 48 heavy (non-hydrogen) atoms. The summed E-state index contributed by atoms with van der Waals surface area (Å²) in [5, 5.41) is 69.3. The van der Waals surface area contributed by atoms with Crippen molar-refractivity contribution in [2.24, 2.45) is 10.7 Å². The lowest BCUT2D eigenvalue weighted by molar-refractivity contribution is -0.419. The average molecular weight is 668 g/mol. The zero-order chi connectivity index (χ0) is 35.1. The zero-order valence-electron chi connectivity index (χ0n) is 26.3. The van der Waals surface area contributed by atoms with E-state index in [9.17, 15) is 40.2 Å². The number of carbonyl (C=O) groups excluding carboxylic acids is 2. The van der Waals surface area contributed by atoms with Gasteiger partial charge in [0.15, 0.2) is 11.7 Å². The summed E-state index contributed by atoms with van der Waals surface area (Å²) in [5.41, 5.74) is 9.25. The van der Waals surface area contributed by atoms with Crippen molar-refractivity contribution < 1.29 is 54.4 Å². The number of aromatic hydroxyl groups is 1. The summed E-state index contributed by atoms with van der Waals surface area (Å²) in [5.74, 6) is -4.91. The lowest BCUT2D eigenvalue weighted by Crippen LogP contribution is -2.74. The Labute approximate surface area is 274 Å². The fourth-order valence-electron chi connectivity index (χ4n) is 5.96. The van der Waals surface area contributed by atoms with Gasteiger partial charge in [0, 0.05) is 42.5 Å². The molecule has 0 spiro atoms. The van der Waals surface area contributed by atoms with Gasteiger partial charge in [-0.15, -0.1) is 0 Å². The van der Waals surface area contributed by atoms with Crippen LogP contribution in [0.4, 0.5) is 5.82 Å². The minimum Gasteiger partial charge on any atom is -0.507 e. The second-order valence-corrected chi connectivity index (χ2v) is 11.6. The molecule has 1 aromatic heterocycles. The molecule has 1 saturated heterocycles. The highest BCUT2D eigenvalue weighted by Gasteiger charge is 2.64. The number of nitrogens with two attached hydrogens (primary N) is 2. The number of aliphatic hydroxyl groups is 5. The Balaban J connectivity index is 1.51. The van der Waals surface area contributed by atoms with E-state index < -0.39 is 60.2 Å². The van der Waals surface area contributed by atoms with Gasteiger partial charge in [0.25, 0.3) is 0 Å². The number of pyridine rings is 1. The maximum atomic E-state index is 14.1. The Hall–Kier alpha value is -4.84. The Kier molecular flexibility index (Phi) is 9.33. The minimum atomic E-state index is -2.89. The Bertz CT molecular complexity index is 1800. The number of anilines is 1. The number of fused-ring (bicyclic) bond motifs is 2. The number of hydrogen-bond acceptors (Lipinski definition) is 14. The van der Waals surface area contributed by atoms with Gasteiger partial charge in [-0.1, -0.05) is 0 Å². The first-order chi connectivity index (χ1) is 22.7. The summed E-state index contributed by atoms with van der Waals surface area (Å²) in [7, 11) is 2.76. The molecule has 2 aliphatic rings. The van der Waals surface area contributed by atoms with Crippen molar-refractivity contribution in [2.45, 2.75) is 56.2 Å². The molecule has 1 fully saturated rings. The largest absolute Gasteiger partial charge is 0.507 e. The minimum absolute atomic E-state index is 0.0158. The van der Waals surface area contributed by atoms with Gasteiger partial charge in [0.2, 0.25) is 17.9 Å². The predicted octanol–water partition coefficient (Wildman–Crippen LogP) is -1.00. The number of nitrogens with one attached hydrogen (secondary N) is 1. The summed E-state index contributed by atoms with van der Waals surface area (Å²) in [4.78, 5) is 35.5. The third-order valence-electron chi connectivity index (χ3n) is 8.75. The van der Waals surface area contributed by atoms with Gasteiger partial charge in [-0.3, -0.25) is 14.6 Å². The molecule has 11 N–H and O–H groups in total. The first-order valence-electron chi connectivity index (χ1n) is 14.8. The van der Waals surface area contributed by atoms with Crippen molar-refractivity contribution in [3.05, 3.63) is 75.5 Å². The van der Waals surface area contributed by atoms with E-state index in [1.165, 1.54) is 44.6 Å². The van der Waals surface area contributed by atoms with Gasteiger partial charge >= 0.3 is 0 Å². The van der Waals surface area contributed by atoms with Gasteiger partial charge in [0.05, 0.1) is 18.2 Å². The lowest BCUT2D eigenvalue weighted by atomic mass is 9.77. The maximum Gasteiger partial charge on any atom is 0.231 e. The number of ether oxygens (including phenoxy) is 3. The molecular formula is C32H37N5O11. The number of phenolic OH excluding ortho intramolecular Hbond substituents is 1. The van der Waals surface area contributed by atoms with Gasteiger partial charge in [-0.2, -0.15) is 0 Å². The normalized spacial score (nSPS) is 25.3. The van der Waals surface area contributed by atoms with Crippen molar-refractivity contribution in [1.82, 2.24) is 10.3 Å². The number of guanidine groups is 1. The van der Waals surface area contributed by atoms with E-state index in [4.69, 9.17) is 25.7 Å². The number of methoxy groups -OCH3 is 1. The molecular weight excluding hydrogens is 630 g/mol. The monoisotopic (exact) mass is 667 g/mol. The maximum absolute atomic E-state index is 14.1. The smallest absolute Gasteiger partial charge is 0.231 e. The van der Waals surface area contributed by atoms with Crippen LogP contribution in [0.3, 0.4) is 0 Å². The molecule has 0 bridgehead atoms. The molecule has 1 aliphatic carbocycles. The highest BCUT2D eigenvalue weighted by atomic mass is 16.8. The van der Waals surface area contributed by atoms with Crippen LogP contribution in [0.1, 0.15) is 55.0 Å². The van der Waals surface area contributed by atoms with Crippen molar-refractivity contribution in [2.75, 3.05) is 26.5 Å². The topological polar surface area (TPSA) is 273 Å². The van der Waals surface area contributed by atoms with Crippen molar-refractivity contribution in [3.63, 3.8) is 0 Å². The molecule has 5 atom stereocenters. The average Bonchev–Trinajstić information content (AvgIpc) is 3.07. The van der Waals surface area contributed by atoms with E-state index in [1.807, 2.05) is 0 Å². The van der Waals surface area contributed by atoms with Gasteiger partial charge in [-0.05, 0) is 55.2 Å². The summed E-state index contributed by atoms with van der Waals surface area (Å²) in [6, 6.07) is 7.06. The number of hydrogen-bond donors (Lipinski definition) is 9. The second kappa shape index (κ2) is 13.0. The zero-order valence-corrected chi connectivity index (χ0v) is 26.3. The lowest BCUT2D eigenvalue weighted by Gasteiger charge is -2.52. The van der Waals surface area contributed by atoms with E-state index in [0.29, 0.717) is 11.1 Å². The van der Waals surface area contributed by atoms with Gasteiger partial charge < -0.3 is 61.6 Å². The van der Waals surface area contributed by atoms with Crippen LogP contribution < -0.4 is 26.3 Å². The van der Waals surface area contributed by atoms with E-state index in [0.717, 1.165) is 0 Å². The number of aliphatic hydroxyl groups excluding tert-OH is 3. The third kappa shape index (κ3) is 5.78. The first kappa shape index (κ1) is 34.5. The van der Waals surface area contributed by atoms with Crippen LogP contribution in [0.2, 0.25) is 0 Å². The number of nitrogen functional groups attached to an aromatic ring is 1. The summed E-state index contributed by atoms with van der Waals surface area (Å²) in [6.45, 7) is 0.377. The van der Waals surface area contributed by atoms with Crippen molar-refractivity contribution in [3.8, 4) is 17.2 Å². The molecule has 256 valence electrons. The van der Waals surface area contributed by atoms with Gasteiger partial charge in [-0.25, -0.2) is 4.98 Å². The van der Waals surface area contributed by atoms with Crippen LogP contribution in [-0.4, -0.2) is 104 Å². The van der Waals surface area contributed by atoms with E-state index >= 15 is 0 Å². The standard InChI is InChI=1S/C32H37N5O11/c1-14-8-17-23(25(40)19(14)12-37-30(34)35-2)26(41)22-18(24(17)39)10-16(46-3)11-20(22)47-29-27(42)28(43)31(44,32(45,13-38)48-29)6-4-15-5-7-36-21(33)9-15/h5,7-11,27-29,38,40,42-45H,4,6,12-13H2,1-3H3,(H2,33,36)(H3,34,35,37). The molecule has 0 amide bonds. The Morgan fingerprint density at radius 3 is 2.48 bits per heavy atom. The van der Waals surface area contributed by atoms with Crippen molar-refractivity contribution >= 4 is 23.3 Å². The molecule has 3 aromatic rings. The number of carbonyl (C=O) groups is 2. The molecule has 16 heteroatoms. The van der Waals surface area contributed by atoms with E-state index in [1.54, 1.807) is 13.0 Å². The number of rotatable bonds is 9. The van der Waals surface area contributed by atoms with Crippen LogP contribution >= 0.6 is 0 Å². The second-order valence-electron chi connectivity index (χ2n) is 11.6. The number of phenols is 1. The molecule has 0 saturated carbocycles. The van der Waals surface area contributed by atoms with Crippen LogP contribution in [0.15, 0.2) is 41.5 Å². The van der Waals surface area contributed by atoms with Crippen LogP contribution in [0.25, 0.3) is 0 Å². The van der Waals surface area contributed by atoms with Crippen molar-refractivity contribution in [1.29, 1.82) is 0 Å². The summed E-state index contributed by atoms with van der Waals surface area (Å²) >= 11 is 0. The fraction of sp³-hybridized carbons (Fsp3) is 0.375. The first-order valence-corrected chi connectivity index (χ1v) is 14.8. The summed E-state index contributed by atoms with van der Waals surface area (Å²) < 4.78 is 16.7. The molecule has 5 rings (SSSR count). The Morgan fingerprint density at radius 1 is 1.12 bits per heavy atom.